The molecular formula is C16H26OS. The first-order chi connectivity index (χ1) is 8.43. The molecule has 0 aliphatic carbocycles. The van der Waals surface area contributed by atoms with Gasteiger partial charge in [0.2, 0.25) is 0 Å². The van der Waals surface area contributed by atoms with E-state index in [4.69, 9.17) is 0 Å². The van der Waals surface area contributed by atoms with Gasteiger partial charge in [-0.15, -0.1) is 0 Å². The van der Waals surface area contributed by atoms with E-state index in [0.29, 0.717) is 0 Å². The summed E-state index contributed by atoms with van der Waals surface area (Å²) < 4.78 is 0. The van der Waals surface area contributed by atoms with Crippen molar-refractivity contribution in [2.45, 2.75) is 52.1 Å². The maximum absolute atomic E-state index is 9.94. The molecular weight excluding hydrogens is 240 g/mol. The van der Waals surface area contributed by atoms with Gasteiger partial charge in [-0.3, -0.25) is 0 Å². The lowest BCUT2D eigenvalue weighted by atomic mass is 9.86. The second-order valence-corrected chi connectivity index (χ2v) is 7.03. The van der Waals surface area contributed by atoms with Crippen molar-refractivity contribution in [3.05, 3.63) is 35.4 Å². The summed E-state index contributed by atoms with van der Waals surface area (Å²) in [5, 5.41) is 9.94. The quantitative estimate of drug-likeness (QED) is 0.784. The molecule has 18 heavy (non-hydrogen) atoms. The Kier molecular flexibility index (Phi) is 6.24. The summed E-state index contributed by atoms with van der Waals surface area (Å²) in [5.41, 5.74) is 2.78. The van der Waals surface area contributed by atoms with Crippen LogP contribution in [0.3, 0.4) is 0 Å². The zero-order chi connectivity index (χ0) is 13.6. The van der Waals surface area contributed by atoms with Crippen molar-refractivity contribution in [3.8, 4) is 0 Å². The third-order valence-corrected chi connectivity index (χ3v) is 4.27. The van der Waals surface area contributed by atoms with E-state index in [0.717, 1.165) is 17.9 Å². The van der Waals surface area contributed by atoms with E-state index in [1.54, 1.807) is 0 Å². The van der Waals surface area contributed by atoms with Crippen LogP contribution >= 0.6 is 11.8 Å². The van der Waals surface area contributed by atoms with Crippen LogP contribution in [0.25, 0.3) is 0 Å². The molecule has 1 atom stereocenters. The maximum atomic E-state index is 9.94. The number of rotatable bonds is 6. The molecule has 0 aliphatic rings. The zero-order valence-corrected chi connectivity index (χ0v) is 12.9. The van der Waals surface area contributed by atoms with Crippen molar-refractivity contribution in [2.24, 2.45) is 0 Å². The Labute approximate surface area is 116 Å². The maximum Gasteiger partial charge on any atom is 0.0670 e. The third-order valence-electron chi connectivity index (χ3n) is 2.95. The summed E-state index contributed by atoms with van der Waals surface area (Å²) in [4.78, 5) is 0. The van der Waals surface area contributed by atoms with Gasteiger partial charge < -0.3 is 5.11 Å². The van der Waals surface area contributed by atoms with Crippen LogP contribution in [-0.4, -0.2) is 22.7 Å². The van der Waals surface area contributed by atoms with E-state index >= 15 is 0 Å². The fourth-order valence-corrected chi connectivity index (χ4v) is 2.68. The number of hydrogen-bond donors (Lipinski definition) is 1. The van der Waals surface area contributed by atoms with E-state index in [-0.39, 0.29) is 11.5 Å². The Hall–Kier alpha value is -0.470. The molecule has 0 fully saturated rings. The average molecular weight is 266 g/mol. The molecule has 0 aliphatic heterocycles. The van der Waals surface area contributed by atoms with Crippen LogP contribution in [0.5, 0.6) is 0 Å². The van der Waals surface area contributed by atoms with Gasteiger partial charge in [-0.25, -0.2) is 0 Å². The number of benzene rings is 1. The molecule has 0 aromatic heterocycles. The third kappa shape index (κ3) is 5.45. The summed E-state index contributed by atoms with van der Waals surface area (Å²) in [6, 6.07) is 8.66. The lowest BCUT2D eigenvalue weighted by Crippen LogP contribution is -2.15. The molecule has 2 heteroatoms. The Morgan fingerprint density at radius 3 is 2.28 bits per heavy atom. The molecule has 0 saturated heterocycles. The fraction of sp³-hybridized carbons (Fsp3) is 0.625. The molecule has 0 amide bonds. The number of thioether (sulfide) groups is 1. The van der Waals surface area contributed by atoms with Gasteiger partial charge in [0.1, 0.15) is 0 Å². The highest BCUT2D eigenvalue weighted by Crippen LogP contribution is 2.22. The summed E-state index contributed by atoms with van der Waals surface area (Å²) in [6.45, 7) is 8.83. The highest BCUT2D eigenvalue weighted by atomic mass is 32.2. The van der Waals surface area contributed by atoms with E-state index in [1.165, 1.54) is 17.5 Å². The van der Waals surface area contributed by atoms with Crippen molar-refractivity contribution in [1.82, 2.24) is 0 Å². The molecule has 1 rings (SSSR count). The second kappa shape index (κ2) is 7.20. The monoisotopic (exact) mass is 266 g/mol. The molecule has 0 heterocycles. The Morgan fingerprint density at radius 1 is 1.17 bits per heavy atom. The first-order valence-corrected chi connectivity index (χ1v) is 7.94. The predicted octanol–water partition coefficient (Wildman–Crippen LogP) is 4.03. The van der Waals surface area contributed by atoms with Crippen LogP contribution in [0.2, 0.25) is 0 Å². The summed E-state index contributed by atoms with van der Waals surface area (Å²) in [7, 11) is 0. The molecule has 102 valence electrons. The fourth-order valence-electron chi connectivity index (χ4n) is 1.84. The SMILES string of the molecule is CCCSCC(O)Cc1ccc(C(C)(C)C)cc1. The van der Waals surface area contributed by atoms with Gasteiger partial charge in [-0.05, 0) is 35.1 Å². The van der Waals surface area contributed by atoms with E-state index in [2.05, 4.69) is 52.0 Å². The molecule has 1 N–H and O–H groups in total. The number of aliphatic hydroxyl groups excluding tert-OH is 1. The lowest BCUT2D eigenvalue weighted by Gasteiger charge is -2.19. The van der Waals surface area contributed by atoms with Gasteiger partial charge in [-0.1, -0.05) is 52.0 Å². The average Bonchev–Trinajstić information content (AvgIpc) is 2.29. The molecule has 1 nitrogen and oxygen atoms in total. The van der Waals surface area contributed by atoms with Crippen LogP contribution in [-0.2, 0) is 11.8 Å². The van der Waals surface area contributed by atoms with Crippen LogP contribution in [0.1, 0.15) is 45.2 Å². The molecule has 0 spiro atoms. The molecule has 1 aromatic carbocycles. The lowest BCUT2D eigenvalue weighted by molar-refractivity contribution is 0.200. The summed E-state index contributed by atoms with van der Waals surface area (Å²) >= 11 is 1.84. The van der Waals surface area contributed by atoms with Crippen LogP contribution in [0, 0.1) is 0 Å². The van der Waals surface area contributed by atoms with Crippen LogP contribution in [0.15, 0.2) is 24.3 Å². The van der Waals surface area contributed by atoms with E-state index in [9.17, 15) is 5.11 Å². The molecule has 0 bridgehead atoms. The van der Waals surface area contributed by atoms with Crippen molar-refractivity contribution in [2.75, 3.05) is 11.5 Å². The van der Waals surface area contributed by atoms with Crippen LogP contribution in [0.4, 0.5) is 0 Å². The number of aliphatic hydroxyl groups is 1. The van der Waals surface area contributed by atoms with Crippen molar-refractivity contribution in [3.63, 3.8) is 0 Å². The number of hydrogen-bond acceptors (Lipinski definition) is 2. The smallest absolute Gasteiger partial charge is 0.0670 e. The summed E-state index contributed by atoms with van der Waals surface area (Å²) in [5.74, 6) is 1.98. The highest BCUT2D eigenvalue weighted by Gasteiger charge is 2.13. The molecule has 0 saturated carbocycles. The minimum Gasteiger partial charge on any atom is -0.392 e. The van der Waals surface area contributed by atoms with Gasteiger partial charge in [0, 0.05) is 5.75 Å². The molecule has 1 aromatic rings. The van der Waals surface area contributed by atoms with E-state index < -0.39 is 0 Å². The van der Waals surface area contributed by atoms with Crippen molar-refractivity contribution in [1.29, 1.82) is 0 Å². The minimum absolute atomic E-state index is 0.203. The zero-order valence-electron chi connectivity index (χ0n) is 12.1. The van der Waals surface area contributed by atoms with Gasteiger partial charge in [0.15, 0.2) is 0 Å². The molecule has 0 radical (unpaired) electrons. The summed E-state index contributed by atoms with van der Waals surface area (Å²) in [6.07, 6.45) is 1.72. The van der Waals surface area contributed by atoms with Crippen LogP contribution < -0.4 is 0 Å². The normalized spacial score (nSPS) is 13.6. The predicted molar refractivity (Wildman–Crippen MR) is 82.5 cm³/mol. The Morgan fingerprint density at radius 2 is 1.78 bits per heavy atom. The first kappa shape index (κ1) is 15.6. The Bertz CT molecular complexity index is 337. The second-order valence-electron chi connectivity index (χ2n) is 5.88. The van der Waals surface area contributed by atoms with E-state index in [1.807, 2.05) is 11.8 Å². The largest absolute Gasteiger partial charge is 0.392 e. The van der Waals surface area contributed by atoms with Gasteiger partial charge in [-0.2, -0.15) is 11.8 Å². The standard InChI is InChI=1S/C16H26OS/c1-5-10-18-12-15(17)11-13-6-8-14(9-7-13)16(2,3)4/h6-9,15,17H,5,10-12H2,1-4H3. The Balaban J connectivity index is 2.48. The highest BCUT2D eigenvalue weighted by molar-refractivity contribution is 7.99. The van der Waals surface area contributed by atoms with Gasteiger partial charge >= 0.3 is 0 Å². The topological polar surface area (TPSA) is 20.2 Å². The van der Waals surface area contributed by atoms with Crippen molar-refractivity contribution < 1.29 is 5.11 Å². The molecule has 1 unspecified atom stereocenters. The van der Waals surface area contributed by atoms with Crippen molar-refractivity contribution >= 4 is 11.8 Å². The minimum atomic E-state index is -0.220. The van der Waals surface area contributed by atoms with Gasteiger partial charge in [0.05, 0.1) is 6.10 Å². The van der Waals surface area contributed by atoms with Gasteiger partial charge in [0.25, 0.3) is 0 Å². The first-order valence-electron chi connectivity index (χ1n) is 6.78.